The van der Waals surface area contributed by atoms with E-state index in [0.717, 1.165) is 5.69 Å². The molecule has 1 aromatic heterocycles. The third-order valence-electron chi connectivity index (χ3n) is 2.58. The molecule has 104 valence electrons. The van der Waals surface area contributed by atoms with Gasteiger partial charge in [0.05, 0.1) is 31.9 Å². The van der Waals surface area contributed by atoms with Crippen molar-refractivity contribution in [3.8, 4) is 0 Å². The monoisotopic (exact) mass is 266 g/mol. The largest absolute Gasteiger partial charge is 0.469 e. The van der Waals surface area contributed by atoms with Gasteiger partial charge in [-0.1, -0.05) is 0 Å². The van der Waals surface area contributed by atoms with Gasteiger partial charge >= 0.3 is 11.9 Å². The molecule has 0 fully saturated rings. The Balaban J connectivity index is 2.45. The zero-order chi connectivity index (χ0) is 14.3. The van der Waals surface area contributed by atoms with Crippen molar-refractivity contribution in [2.24, 2.45) is 0 Å². The lowest BCUT2D eigenvalue weighted by Gasteiger charge is -2.12. The van der Waals surface area contributed by atoms with Gasteiger partial charge in [0.15, 0.2) is 0 Å². The molecule has 1 rings (SSSR count). The van der Waals surface area contributed by atoms with E-state index >= 15 is 0 Å². The molecule has 19 heavy (non-hydrogen) atoms. The normalized spacial score (nSPS) is 11.7. The summed E-state index contributed by atoms with van der Waals surface area (Å²) in [5.74, 6) is -0.667. The van der Waals surface area contributed by atoms with Gasteiger partial charge in [0.1, 0.15) is 0 Å². The van der Waals surface area contributed by atoms with Crippen molar-refractivity contribution >= 4 is 11.9 Å². The van der Waals surface area contributed by atoms with Gasteiger partial charge in [-0.25, -0.2) is 4.79 Å². The predicted molar refractivity (Wildman–Crippen MR) is 68.5 cm³/mol. The van der Waals surface area contributed by atoms with Crippen LogP contribution < -0.4 is 5.32 Å². The number of pyridine rings is 1. The van der Waals surface area contributed by atoms with Gasteiger partial charge in [0, 0.05) is 18.8 Å². The van der Waals surface area contributed by atoms with Crippen LogP contribution in [0.2, 0.25) is 0 Å². The molecule has 6 nitrogen and oxygen atoms in total. The molecule has 0 aliphatic rings. The summed E-state index contributed by atoms with van der Waals surface area (Å²) in [5.41, 5.74) is 1.19. The highest BCUT2D eigenvalue weighted by atomic mass is 16.5. The Bertz CT molecular complexity index is 431. The van der Waals surface area contributed by atoms with Crippen LogP contribution in [-0.2, 0) is 20.8 Å². The van der Waals surface area contributed by atoms with E-state index in [0.29, 0.717) is 18.5 Å². The highest BCUT2D eigenvalue weighted by molar-refractivity contribution is 5.88. The van der Waals surface area contributed by atoms with Crippen LogP contribution in [0.4, 0.5) is 0 Å². The van der Waals surface area contributed by atoms with Crippen LogP contribution >= 0.6 is 0 Å². The number of hydrogen-bond donors (Lipinski definition) is 1. The number of hydrogen-bond acceptors (Lipinski definition) is 6. The fraction of sp³-hybridized carbons (Fsp3) is 0.462. The Morgan fingerprint density at radius 2 is 2.05 bits per heavy atom. The first-order valence-electron chi connectivity index (χ1n) is 5.90. The van der Waals surface area contributed by atoms with Crippen LogP contribution in [0, 0.1) is 0 Å². The van der Waals surface area contributed by atoms with Gasteiger partial charge in [-0.3, -0.25) is 9.78 Å². The second-order valence-electron chi connectivity index (χ2n) is 4.09. The lowest BCUT2D eigenvalue weighted by Crippen LogP contribution is -2.28. The molecule has 0 amide bonds. The number of ether oxygens (including phenoxy) is 2. The number of esters is 2. The van der Waals surface area contributed by atoms with Crippen LogP contribution in [0.1, 0.15) is 29.4 Å². The summed E-state index contributed by atoms with van der Waals surface area (Å²) in [7, 11) is 2.69. The standard InChI is InChI=1S/C13H18N2O4/c1-9(6-12(16)18-2)14-8-11-5-4-10(7-15-11)13(17)19-3/h4-5,7,9,14H,6,8H2,1-3H3. The minimum absolute atomic E-state index is 0.00506. The van der Waals surface area contributed by atoms with Gasteiger partial charge in [0.25, 0.3) is 0 Å². The van der Waals surface area contributed by atoms with Crippen molar-refractivity contribution < 1.29 is 19.1 Å². The zero-order valence-corrected chi connectivity index (χ0v) is 11.3. The number of methoxy groups -OCH3 is 2. The fourth-order valence-electron chi connectivity index (χ4n) is 1.45. The fourth-order valence-corrected chi connectivity index (χ4v) is 1.45. The molecule has 6 heteroatoms. The van der Waals surface area contributed by atoms with Crippen molar-refractivity contribution in [1.82, 2.24) is 10.3 Å². The third-order valence-corrected chi connectivity index (χ3v) is 2.58. The molecule has 0 aromatic carbocycles. The summed E-state index contributed by atoms with van der Waals surface area (Å²) in [6, 6.07) is 3.39. The quantitative estimate of drug-likeness (QED) is 0.771. The molecular formula is C13H18N2O4. The van der Waals surface area contributed by atoms with E-state index in [2.05, 4.69) is 19.8 Å². The Kier molecular flexibility index (Phi) is 5.95. The molecule has 0 aliphatic heterocycles. The first kappa shape index (κ1) is 15.1. The van der Waals surface area contributed by atoms with Crippen LogP contribution in [0.5, 0.6) is 0 Å². The number of rotatable bonds is 6. The van der Waals surface area contributed by atoms with Crippen molar-refractivity contribution in [3.63, 3.8) is 0 Å². The highest BCUT2D eigenvalue weighted by Crippen LogP contribution is 2.03. The number of nitrogens with zero attached hydrogens (tertiary/aromatic N) is 1. The van der Waals surface area contributed by atoms with Crippen molar-refractivity contribution in [2.75, 3.05) is 14.2 Å². The molecule has 1 unspecified atom stereocenters. The maximum atomic E-state index is 11.2. The molecule has 0 radical (unpaired) electrons. The zero-order valence-electron chi connectivity index (χ0n) is 11.3. The van der Waals surface area contributed by atoms with Gasteiger partial charge in [-0.15, -0.1) is 0 Å². The van der Waals surface area contributed by atoms with Crippen LogP contribution in [0.3, 0.4) is 0 Å². The molecule has 0 aliphatic carbocycles. The van der Waals surface area contributed by atoms with Crippen molar-refractivity contribution in [2.45, 2.75) is 25.9 Å². The third kappa shape index (κ3) is 5.05. The van der Waals surface area contributed by atoms with E-state index < -0.39 is 5.97 Å². The lowest BCUT2D eigenvalue weighted by molar-refractivity contribution is -0.141. The summed E-state index contributed by atoms with van der Waals surface area (Å²) in [6.07, 6.45) is 1.77. The van der Waals surface area contributed by atoms with E-state index in [1.807, 2.05) is 6.92 Å². The average Bonchev–Trinajstić information content (AvgIpc) is 2.44. The number of carbonyl (C=O) groups is 2. The van der Waals surface area contributed by atoms with Gasteiger partial charge in [0.2, 0.25) is 0 Å². The van der Waals surface area contributed by atoms with Crippen LogP contribution in [0.15, 0.2) is 18.3 Å². The smallest absolute Gasteiger partial charge is 0.339 e. The lowest BCUT2D eigenvalue weighted by atomic mass is 10.2. The first-order valence-corrected chi connectivity index (χ1v) is 5.90. The maximum absolute atomic E-state index is 11.2. The van der Waals surface area contributed by atoms with Crippen molar-refractivity contribution in [3.05, 3.63) is 29.6 Å². The summed E-state index contributed by atoms with van der Waals surface area (Å²) in [6.45, 7) is 2.40. The number of nitrogens with one attached hydrogen (secondary N) is 1. The minimum Gasteiger partial charge on any atom is -0.469 e. The highest BCUT2D eigenvalue weighted by Gasteiger charge is 2.09. The van der Waals surface area contributed by atoms with Gasteiger partial charge in [-0.05, 0) is 19.1 Å². The molecule has 1 heterocycles. The summed E-state index contributed by atoms with van der Waals surface area (Å²) >= 11 is 0. The summed E-state index contributed by atoms with van der Waals surface area (Å²) in [5, 5.41) is 3.15. The Labute approximate surface area is 112 Å². The molecule has 0 saturated heterocycles. The van der Waals surface area contributed by atoms with E-state index in [9.17, 15) is 9.59 Å². The Hall–Kier alpha value is -1.95. The van der Waals surface area contributed by atoms with E-state index in [1.165, 1.54) is 20.4 Å². The summed E-state index contributed by atoms with van der Waals surface area (Å²) < 4.78 is 9.17. The van der Waals surface area contributed by atoms with E-state index in [-0.39, 0.29) is 12.0 Å². The minimum atomic E-state index is -0.411. The molecule has 0 bridgehead atoms. The Morgan fingerprint density at radius 3 is 2.58 bits per heavy atom. The van der Waals surface area contributed by atoms with Crippen LogP contribution in [0.25, 0.3) is 0 Å². The van der Waals surface area contributed by atoms with Crippen LogP contribution in [-0.4, -0.2) is 37.2 Å². The number of aromatic nitrogens is 1. The molecule has 0 saturated carbocycles. The topological polar surface area (TPSA) is 77.5 Å². The van der Waals surface area contributed by atoms with Gasteiger partial charge < -0.3 is 14.8 Å². The second-order valence-corrected chi connectivity index (χ2v) is 4.09. The molecule has 1 N–H and O–H groups in total. The van der Waals surface area contributed by atoms with E-state index in [4.69, 9.17) is 0 Å². The van der Waals surface area contributed by atoms with Gasteiger partial charge in [-0.2, -0.15) is 0 Å². The van der Waals surface area contributed by atoms with Crippen molar-refractivity contribution in [1.29, 1.82) is 0 Å². The predicted octanol–water partition coefficient (Wildman–Crippen LogP) is 0.909. The molecule has 1 aromatic rings. The summed E-state index contributed by atoms with van der Waals surface area (Å²) in [4.78, 5) is 26.4. The maximum Gasteiger partial charge on any atom is 0.339 e. The van der Waals surface area contributed by atoms with E-state index in [1.54, 1.807) is 12.1 Å². The Morgan fingerprint density at radius 1 is 1.32 bits per heavy atom. The molecular weight excluding hydrogens is 248 g/mol. The SMILES string of the molecule is COC(=O)CC(C)NCc1ccc(C(=O)OC)cn1. The average molecular weight is 266 g/mol. The number of carbonyl (C=O) groups excluding carboxylic acids is 2. The molecule has 1 atom stereocenters. The second kappa shape index (κ2) is 7.48. The molecule has 0 spiro atoms. The first-order chi connectivity index (χ1) is 9.06.